The Morgan fingerprint density at radius 2 is 2.07 bits per heavy atom. The second-order valence-electron chi connectivity index (χ2n) is 3.48. The van der Waals surface area contributed by atoms with E-state index in [1.165, 1.54) is 4.31 Å². The van der Waals surface area contributed by atoms with Gasteiger partial charge in [0.2, 0.25) is 10.0 Å². The molecular formula is C9H22N2O2S2. The van der Waals surface area contributed by atoms with Gasteiger partial charge in [0.25, 0.3) is 0 Å². The van der Waals surface area contributed by atoms with E-state index in [1.54, 1.807) is 25.7 Å². The molecule has 0 fully saturated rings. The summed E-state index contributed by atoms with van der Waals surface area (Å²) in [4.78, 5) is 0. The summed E-state index contributed by atoms with van der Waals surface area (Å²) >= 11 is 1.65. The van der Waals surface area contributed by atoms with Crippen LogP contribution in [-0.2, 0) is 10.0 Å². The summed E-state index contributed by atoms with van der Waals surface area (Å²) in [5.74, 6) is 0.837. The van der Waals surface area contributed by atoms with E-state index in [-0.39, 0.29) is 5.25 Å². The van der Waals surface area contributed by atoms with Crippen molar-refractivity contribution in [3.63, 3.8) is 0 Å². The predicted octanol–water partition coefficient (Wildman–Crippen LogP) is 0.609. The van der Waals surface area contributed by atoms with Crippen LogP contribution in [0.1, 0.15) is 13.8 Å². The van der Waals surface area contributed by atoms with Gasteiger partial charge in [-0.15, -0.1) is 0 Å². The Morgan fingerprint density at radius 3 is 2.53 bits per heavy atom. The number of thioether (sulfide) groups is 1. The molecule has 92 valence electrons. The first kappa shape index (κ1) is 15.2. The van der Waals surface area contributed by atoms with Crippen molar-refractivity contribution in [1.29, 1.82) is 0 Å². The minimum Gasteiger partial charge on any atom is -0.316 e. The van der Waals surface area contributed by atoms with Crippen LogP contribution in [0.2, 0.25) is 0 Å². The highest BCUT2D eigenvalue weighted by atomic mass is 32.2. The summed E-state index contributed by atoms with van der Waals surface area (Å²) in [5, 5.41) is 2.70. The molecule has 0 aliphatic heterocycles. The molecule has 0 aromatic heterocycles. The molecule has 0 aromatic carbocycles. The first-order chi connectivity index (χ1) is 6.96. The number of hydrogen-bond acceptors (Lipinski definition) is 4. The predicted molar refractivity (Wildman–Crippen MR) is 67.9 cm³/mol. The normalized spacial score (nSPS) is 14.5. The van der Waals surface area contributed by atoms with Crippen LogP contribution in [-0.4, -0.2) is 56.7 Å². The zero-order chi connectivity index (χ0) is 11.9. The largest absolute Gasteiger partial charge is 0.316 e. The highest BCUT2D eigenvalue weighted by Gasteiger charge is 2.24. The van der Waals surface area contributed by atoms with Gasteiger partial charge in [-0.25, -0.2) is 12.7 Å². The third kappa shape index (κ3) is 5.19. The Hall–Kier alpha value is 0.220. The van der Waals surface area contributed by atoms with E-state index in [2.05, 4.69) is 5.32 Å². The zero-order valence-corrected chi connectivity index (χ0v) is 11.6. The molecule has 0 saturated carbocycles. The fourth-order valence-corrected chi connectivity index (χ4v) is 2.97. The van der Waals surface area contributed by atoms with Crippen LogP contribution in [0.25, 0.3) is 0 Å². The third-order valence-electron chi connectivity index (χ3n) is 2.24. The lowest BCUT2D eigenvalue weighted by molar-refractivity contribution is 0.474. The smallest absolute Gasteiger partial charge is 0.217 e. The van der Waals surface area contributed by atoms with E-state index in [9.17, 15) is 8.42 Å². The molecule has 15 heavy (non-hydrogen) atoms. The van der Waals surface area contributed by atoms with Crippen molar-refractivity contribution >= 4 is 21.8 Å². The lowest BCUT2D eigenvalue weighted by atomic mass is 10.5. The molecule has 0 rings (SSSR count). The molecule has 0 aliphatic carbocycles. The van der Waals surface area contributed by atoms with Crippen LogP contribution >= 0.6 is 11.8 Å². The second kappa shape index (κ2) is 7.49. The first-order valence-electron chi connectivity index (χ1n) is 5.11. The van der Waals surface area contributed by atoms with E-state index >= 15 is 0 Å². The molecule has 0 heterocycles. The van der Waals surface area contributed by atoms with Gasteiger partial charge in [0.15, 0.2) is 0 Å². The summed E-state index contributed by atoms with van der Waals surface area (Å²) < 4.78 is 25.3. The van der Waals surface area contributed by atoms with Crippen molar-refractivity contribution in [3.05, 3.63) is 0 Å². The van der Waals surface area contributed by atoms with Crippen LogP contribution in [0, 0.1) is 0 Å². The van der Waals surface area contributed by atoms with Gasteiger partial charge in [-0.1, -0.05) is 6.92 Å². The molecule has 0 bridgehead atoms. The molecule has 0 amide bonds. The second-order valence-corrected chi connectivity index (χ2v) is 6.92. The maximum atomic E-state index is 11.9. The average molecular weight is 254 g/mol. The standard InChI is InChI=1S/C9H22N2O2S2/c1-5-10-8-9(2)15(12,13)11(3)6-7-14-4/h9-10H,5-8H2,1-4H3. The molecule has 1 N–H and O–H groups in total. The highest BCUT2D eigenvalue weighted by molar-refractivity contribution is 7.98. The Morgan fingerprint density at radius 1 is 1.47 bits per heavy atom. The maximum absolute atomic E-state index is 11.9. The van der Waals surface area contributed by atoms with E-state index < -0.39 is 10.0 Å². The van der Waals surface area contributed by atoms with Gasteiger partial charge < -0.3 is 5.32 Å². The van der Waals surface area contributed by atoms with Crippen LogP contribution in [0.5, 0.6) is 0 Å². The molecular weight excluding hydrogens is 232 g/mol. The third-order valence-corrected chi connectivity index (χ3v) is 5.06. The van der Waals surface area contributed by atoms with E-state index in [0.29, 0.717) is 13.1 Å². The van der Waals surface area contributed by atoms with Crippen LogP contribution < -0.4 is 5.32 Å². The fraction of sp³-hybridized carbons (Fsp3) is 1.00. The van der Waals surface area contributed by atoms with E-state index in [1.807, 2.05) is 13.2 Å². The molecule has 0 radical (unpaired) electrons. The number of sulfonamides is 1. The van der Waals surface area contributed by atoms with Crippen molar-refractivity contribution in [2.45, 2.75) is 19.1 Å². The minimum absolute atomic E-state index is 0.357. The summed E-state index contributed by atoms with van der Waals surface area (Å²) in [6.07, 6.45) is 1.97. The van der Waals surface area contributed by atoms with E-state index in [4.69, 9.17) is 0 Å². The molecule has 1 atom stereocenters. The Kier molecular flexibility index (Phi) is 7.60. The van der Waals surface area contributed by atoms with Gasteiger partial charge in [-0.05, 0) is 19.7 Å². The van der Waals surface area contributed by atoms with Gasteiger partial charge >= 0.3 is 0 Å². The molecule has 6 heteroatoms. The average Bonchev–Trinajstić information content (AvgIpc) is 2.21. The lowest BCUT2D eigenvalue weighted by Crippen LogP contribution is -2.40. The first-order valence-corrected chi connectivity index (χ1v) is 8.01. The van der Waals surface area contributed by atoms with Gasteiger partial charge in [0, 0.05) is 25.9 Å². The zero-order valence-electron chi connectivity index (χ0n) is 9.99. The van der Waals surface area contributed by atoms with Gasteiger partial charge in [0.1, 0.15) is 0 Å². The molecule has 0 spiro atoms. The van der Waals surface area contributed by atoms with E-state index in [0.717, 1.165) is 12.3 Å². The van der Waals surface area contributed by atoms with Crippen LogP contribution in [0.3, 0.4) is 0 Å². The van der Waals surface area contributed by atoms with Gasteiger partial charge in [0.05, 0.1) is 5.25 Å². The monoisotopic (exact) mass is 254 g/mol. The number of hydrogen-bond donors (Lipinski definition) is 1. The molecule has 1 unspecified atom stereocenters. The summed E-state index contributed by atoms with van der Waals surface area (Å²) in [6, 6.07) is 0. The van der Waals surface area contributed by atoms with Crippen molar-refractivity contribution in [1.82, 2.24) is 9.62 Å². The van der Waals surface area contributed by atoms with Crippen LogP contribution in [0.15, 0.2) is 0 Å². The number of nitrogens with zero attached hydrogens (tertiary/aromatic N) is 1. The van der Waals surface area contributed by atoms with Crippen molar-refractivity contribution in [2.24, 2.45) is 0 Å². The lowest BCUT2D eigenvalue weighted by Gasteiger charge is -2.21. The van der Waals surface area contributed by atoms with Gasteiger partial charge in [-0.2, -0.15) is 11.8 Å². The molecule has 0 aromatic rings. The molecule has 0 saturated heterocycles. The number of rotatable bonds is 8. The SMILES string of the molecule is CCNCC(C)S(=O)(=O)N(C)CCSC. The summed E-state index contributed by atoms with van der Waals surface area (Å²) in [5.41, 5.74) is 0. The van der Waals surface area contributed by atoms with Crippen molar-refractivity contribution in [2.75, 3.05) is 38.7 Å². The fourth-order valence-electron chi connectivity index (χ4n) is 1.11. The van der Waals surface area contributed by atoms with Crippen LogP contribution in [0.4, 0.5) is 0 Å². The Labute approximate surface area is 97.9 Å². The maximum Gasteiger partial charge on any atom is 0.217 e. The number of nitrogens with one attached hydrogen (secondary N) is 1. The minimum atomic E-state index is -3.13. The molecule has 4 nitrogen and oxygen atoms in total. The quantitative estimate of drug-likeness (QED) is 0.689. The Balaban J connectivity index is 4.25. The van der Waals surface area contributed by atoms with Gasteiger partial charge in [-0.3, -0.25) is 0 Å². The summed E-state index contributed by atoms with van der Waals surface area (Å²) in [7, 11) is -1.48. The van der Waals surface area contributed by atoms with Crippen molar-refractivity contribution < 1.29 is 8.42 Å². The molecule has 0 aliphatic rings. The van der Waals surface area contributed by atoms with Crippen molar-refractivity contribution in [3.8, 4) is 0 Å². The highest BCUT2D eigenvalue weighted by Crippen LogP contribution is 2.07. The topological polar surface area (TPSA) is 49.4 Å². The summed E-state index contributed by atoms with van der Waals surface area (Å²) in [6.45, 7) is 5.61. The Bertz CT molecular complexity index is 235.